The van der Waals surface area contributed by atoms with Gasteiger partial charge in [0, 0.05) is 49.5 Å². The maximum Gasteiger partial charge on any atom is 0.225 e. The summed E-state index contributed by atoms with van der Waals surface area (Å²) in [6, 6.07) is 20.4. The molecule has 0 spiro atoms. The number of nitrogens with zero attached hydrogens (tertiary/aromatic N) is 2. The van der Waals surface area contributed by atoms with E-state index in [9.17, 15) is 9.18 Å². The second-order valence-electron chi connectivity index (χ2n) is 9.28. The Morgan fingerprint density at radius 3 is 2.69 bits per heavy atom. The van der Waals surface area contributed by atoms with E-state index in [1.807, 2.05) is 24.3 Å². The van der Waals surface area contributed by atoms with Crippen molar-refractivity contribution in [2.45, 2.75) is 25.6 Å². The molecule has 0 saturated carbocycles. The second-order valence-corrected chi connectivity index (χ2v) is 9.71. The van der Waals surface area contributed by atoms with Gasteiger partial charge >= 0.3 is 0 Å². The third kappa shape index (κ3) is 5.29. The Labute approximate surface area is 210 Å². The number of anilines is 1. The molecule has 35 heavy (non-hydrogen) atoms. The van der Waals surface area contributed by atoms with E-state index in [-0.39, 0.29) is 23.7 Å². The summed E-state index contributed by atoms with van der Waals surface area (Å²) in [6.45, 7) is 3.62. The standard InChI is InChI=1S/C28H29ClFN3O2/c1-35-24-10-7-21-14-25(28(34)31-16-20-3-2-4-23(30)13-20)27-18-32(11-12-33(27)26(21)15-24)17-19-5-8-22(29)9-6-19/h2-10,13,15,25,27H,11-12,14,16-18H2,1H3,(H,31,34). The van der Waals surface area contributed by atoms with Crippen LogP contribution in [0.25, 0.3) is 0 Å². The van der Waals surface area contributed by atoms with Crippen LogP contribution in [0.2, 0.25) is 5.02 Å². The Bertz CT molecular complexity index is 1200. The van der Waals surface area contributed by atoms with Crippen LogP contribution in [0.5, 0.6) is 5.75 Å². The Balaban J connectivity index is 1.37. The molecule has 182 valence electrons. The van der Waals surface area contributed by atoms with E-state index in [1.54, 1.807) is 13.2 Å². The molecular formula is C28H29ClFN3O2. The van der Waals surface area contributed by atoms with Gasteiger partial charge < -0.3 is 15.0 Å². The third-order valence-corrected chi connectivity index (χ3v) is 7.27. The van der Waals surface area contributed by atoms with Crippen LogP contribution in [-0.4, -0.2) is 43.6 Å². The summed E-state index contributed by atoms with van der Waals surface area (Å²) in [5.74, 6) is 0.310. The number of hydrogen-bond donors (Lipinski definition) is 1. The largest absolute Gasteiger partial charge is 0.497 e. The van der Waals surface area contributed by atoms with Gasteiger partial charge in [0.25, 0.3) is 0 Å². The minimum atomic E-state index is -0.298. The summed E-state index contributed by atoms with van der Waals surface area (Å²) in [4.78, 5) is 18.2. The smallest absolute Gasteiger partial charge is 0.225 e. The molecule has 2 atom stereocenters. The molecule has 1 fully saturated rings. The van der Waals surface area contributed by atoms with Gasteiger partial charge in [-0.3, -0.25) is 9.69 Å². The average molecular weight is 494 g/mol. The molecule has 0 radical (unpaired) electrons. The van der Waals surface area contributed by atoms with E-state index in [4.69, 9.17) is 16.3 Å². The van der Waals surface area contributed by atoms with Gasteiger partial charge in [0.05, 0.1) is 19.1 Å². The number of carbonyl (C=O) groups excluding carboxylic acids is 1. The molecular weight excluding hydrogens is 465 g/mol. The van der Waals surface area contributed by atoms with Crippen molar-refractivity contribution in [2.24, 2.45) is 5.92 Å². The van der Waals surface area contributed by atoms with E-state index >= 15 is 0 Å². The molecule has 0 aliphatic carbocycles. The van der Waals surface area contributed by atoms with E-state index in [0.29, 0.717) is 13.0 Å². The van der Waals surface area contributed by atoms with Crippen LogP contribution >= 0.6 is 11.6 Å². The molecule has 2 aliphatic rings. The molecule has 3 aromatic carbocycles. The average Bonchev–Trinajstić information content (AvgIpc) is 2.87. The van der Waals surface area contributed by atoms with Crippen molar-refractivity contribution in [1.29, 1.82) is 0 Å². The Morgan fingerprint density at radius 2 is 1.91 bits per heavy atom. The lowest BCUT2D eigenvalue weighted by molar-refractivity contribution is -0.126. The monoisotopic (exact) mass is 493 g/mol. The number of ether oxygens (including phenoxy) is 1. The molecule has 1 saturated heterocycles. The molecule has 5 nitrogen and oxygen atoms in total. The van der Waals surface area contributed by atoms with Gasteiger partial charge in [-0.2, -0.15) is 0 Å². The summed E-state index contributed by atoms with van der Waals surface area (Å²) in [5, 5.41) is 3.79. The highest BCUT2D eigenvalue weighted by atomic mass is 35.5. The van der Waals surface area contributed by atoms with Crippen LogP contribution in [0, 0.1) is 11.7 Å². The highest BCUT2D eigenvalue weighted by Crippen LogP contribution is 2.38. The molecule has 3 aromatic rings. The molecule has 0 bridgehead atoms. The quantitative estimate of drug-likeness (QED) is 0.542. The molecule has 1 N–H and O–H groups in total. The molecule has 1 amide bonds. The number of amides is 1. The fourth-order valence-corrected chi connectivity index (χ4v) is 5.35. The number of halogens is 2. The normalized spacial score (nSPS) is 19.6. The number of rotatable bonds is 6. The molecule has 5 rings (SSSR count). The van der Waals surface area contributed by atoms with Crippen molar-refractivity contribution in [2.75, 3.05) is 31.6 Å². The number of fused-ring (bicyclic) bond motifs is 3. The lowest BCUT2D eigenvalue weighted by Gasteiger charge is -2.49. The topological polar surface area (TPSA) is 44.8 Å². The predicted octanol–water partition coefficient (Wildman–Crippen LogP) is 4.67. The molecule has 7 heteroatoms. The highest BCUT2D eigenvalue weighted by Gasteiger charge is 2.41. The Morgan fingerprint density at radius 1 is 1.09 bits per heavy atom. The fraction of sp³-hybridized carbons (Fsp3) is 0.321. The van der Waals surface area contributed by atoms with E-state index in [2.05, 4.69) is 39.4 Å². The van der Waals surface area contributed by atoms with E-state index < -0.39 is 0 Å². The minimum absolute atomic E-state index is 0.000859. The van der Waals surface area contributed by atoms with Crippen molar-refractivity contribution in [1.82, 2.24) is 10.2 Å². The van der Waals surface area contributed by atoms with E-state index in [0.717, 1.165) is 53.8 Å². The van der Waals surface area contributed by atoms with Gasteiger partial charge in [-0.15, -0.1) is 0 Å². The van der Waals surface area contributed by atoms with Crippen LogP contribution in [-0.2, 0) is 24.3 Å². The summed E-state index contributed by atoms with van der Waals surface area (Å²) in [7, 11) is 1.68. The first-order valence-electron chi connectivity index (χ1n) is 11.9. The lowest BCUT2D eigenvalue weighted by Crippen LogP contribution is -2.60. The van der Waals surface area contributed by atoms with Crippen molar-refractivity contribution in [3.63, 3.8) is 0 Å². The van der Waals surface area contributed by atoms with Crippen LogP contribution in [0.4, 0.5) is 10.1 Å². The molecule has 2 heterocycles. The summed E-state index contributed by atoms with van der Waals surface area (Å²) >= 11 is 6.06. The zero-order valence-electron chi connectivity index (χ0n) is 19.7. The predicted molar refractivity (Wildman–Crippen MR) is 136 cm³/mol. The van der Waals surface area contributed by atoms with Gasteiger partial charge in [0.2, 0.25) is 5.91 Å². The van der Waals surface area contributed by atoms with Gasteiger partial charge in [-0.1, -0.05) is 41.9 Å². The van der Waals surface area contributed by atoms with Crippen LogP contribution in [0.3, 0.4) is 0 Å². The third-order valence-electron chi connectivity index (χ3n) is 7.02. The summed E-state index contributed by atoms with van der Waals surface area (Å²) < 4.78 is 19.1. The van der Waals surface area contributed by atoms with Crippen molar-refractivity contribution >= 4 is 23.2 Å². The molecule has 2 unspecified atom stereocenters. The Hall–Kier alpha value is -3.09. The molecule has 0 aromatic heterocycles. The first-order chi connectivity index (χ1) is 17.0. The van der Waals surface area contributed by atoms with Crippen molar-refractivity contribution in [3.05, 3.63) is 94.3 Å². The number of piperazine rings is 1. The number of hydrogen-bond acceptors (Lipinski definition) is 4. The summed E-state index contributed by atoms with van der Waals surface area (Å²) in [6.07, 6.45) is 0.657. The van der Waals surface area contributed by atoms with Gasteiger partial charge in [0.15, 0.2) is 0 Å². The van der Waals surface area contributed by atoms with Crippen molar-refractivity contribution < 1.29 is 13.9 Å². The van der Waals surface area contributed by atoms with Gasteiger partial charge in [-0.25, -0.2) is 4.39 Å². The van der Waals surface area contributed by atoms with Gasteiger partial charge in [-0.05, 0) is 53.4 Å². The van der Waals surface area contributed by atoms with Crippen LogP contribution in [0.15, 0.2) is 66.7 Å². The number of methoxy groups -OCH3 is 1. The zero-order valence-corrected chi connectivity index (χ0v) is 20.5. The second kappa shape index (κ2) is 10.3. The lowest BCUT2D eigenvalue weighted by atomic mass is 9.83. The minimum Gasteiger partial charge on any atom is -0.497 e. The maximum atomic E-state index is 13.6. The van der Waals surface area contributed by atoms with E-state index in [1.165, 1.54) is 17.7 Å². The molecule has 2 aliphatic heterocycles. The highest BCUT2D eigenvalue weighted by molar-refractivity contribution is 6.30. The fourth-order valence-electron chi connectivity index (χ4n) is 5.22. The van der Waals surface area contributed by atoms with Gasteiger partial charge in [0.1, 0.15) is 11.6 Å². The first kappa shape index (κ1) is 23.6. The SMILES string of the molecule is COc1ccc2c(c1)N1CCN(Cc3ccc(Cl)cc3)CC1C(C(=O)NCc1cccc(F)c1)C2. The van der Waals surface area contributed by atoms with Crippen LogP contribution in [0.1, 0.15) is 16.7 Å². The maximum absolute atomic E-state index is 13.6. The zero-order chi connectivity index (χ0) is 24.4. The number of benzene rings is 3. The first-order valence-corrected chi connectivity index (χ1v) is 12.3. The number of carbonyl (C=O) groups is 1. The number of nitrogens with one attached hydrogen (secondary N) is 1. The van der Waals surface area contributed by atoms with Crippen LogP contribution < -0.4 is 15.0 Å². The summed E-state index contributed by atoms with van der Waals surface area (Å²) in [5.41, 5.74) is 4.26. The Kier molecular flexibility index (Phi) is 6.93. The van der Waals surface area contributed by atoms with Crippen molar-refractivity contribution in [3.8, 4) is 5.75 Å².